The van der Waals surface area contributed by atoms with E-state index in [0.717, 1.165) is 11.8 Å². The van der Waals surface area contributed by atoms with Crippen LogP contribution in [0, 0.1) is 11.8 Å². The summed E-state index contributed by atoms with van der Waals surface area (Å²) in [5.74, 6) is 1.62. The van der Waals surface area contributed by atoms with Crippen LogP contribution >= 0.6 is 15.9 Å². The number of alkyl halides is 1. The molecule has 0 aromatic heterocycles. The molecular formula is C19H29Br. The molecule has 0 heterocycles. The molecule has 0 aliphatic heterocycles. The van der Waals surface area contributed by atoms with Gasteiger partial charge in [-0.15, -0.1) is 0 Å². The first-order valence-electron chi connectivity index (χ1n) is 8.18. The second kappa shape index (κ2) is 6.64. The van der Waals surface area contributed by atoms with Gasteiger partial charge in [0.1, 0.15) is 0 Å². The fourth-order valence-electron chi connectivity index (χ4n) is 3.75. The average molecular weight is 337 g/mol. The zero-order chi connectivity index (χ0) is 14.8. The smallest absolute Gasteiger partial charge is 0.0184 e. The number of rotatable bonds is 4. The van der Waals surface area contributed by atoms with Gasteiger partial charge in [0.2, 0.25) is 0 Å². The highest BCUT2D eigenvalue weighted by atomic mass is 79.9. The summed E-state index contributed by atoms with van der Waals surface area (Å²) >= 11 is 3.98. The van der Waals surface area contributed by atoms with Gasteiger partial charge in [0, 0.05) is 4.83 Å². The first kappa shape index (κ1) is 16.1. The number of hydrogen-bond donors (Lipinski definition) is 0. The molecule has 0 amide bonds. The molecular weight excluding hydrogens is 308 g/mol. The molecule has 1 aliphatic carbocycles. The molecule has 1 aromatic rings. The van der Waals surface area contributed by atoms with E-state index in [1.807, 2.05) is 0 Å². The predicted octanol–water partition coefficient (Wildman–Crippen LogP) is 6.12. The molecule has 0 spiro atoms. The maximum absolute atomic E-state index is 3.98. The minimum atomic E-state index is 0.262. The van der Waals surface area contributed by atoms with Gasteiger partial charge >= 0.3 is 0 Å². The van der Waals surface area contributed by atoms with Crippen molar-refractivity contribution >= 4 is 15.9 Å². The lowest BCUT2D eigenvalue weighted by Crippen LogP contribution is -2.38. The highest BCUT2D eigenvalue weighted by Gasteiger charge is 2.38. The van der Waals surface area contributed by atoms with Crippen molar-refractivity contribution in [3.63, 3.8) is 0 Å². The highest BCUT2D eigenvalue weighted by molar-refractivity contribution is 9.09. The van der Waals surface area contributed by atoms with Crippen LogP contribution in [0.15, 0.2) is 24.3 Å². The van der Waals surface area contributed by atoms with Crippen LogP contribution < -0.4 is 0 Å². The van der Waals surface area contributed by atoms with Gasteiger partial charge in [0.15, 0.2) is 0 Å². The van der Waals surface area contributed by atoms with Gasteiger partial charge in [0.05, 0.1) is 0 Å². The Balaban J connectivity index is 2.22. The minimum absolute atomic E-state index is 0.262. The fourth-order valence-corrected chi connectivity index (χ4v) is 5.32. The van der Waals surface area contributed by atoms with Crippen molar-refractivity contribution in [1.29, 1.82) is 0 Å². The monoisotopic (exact) mass is 336 g/mol. The Morgan fingerprint density at radius 3 is 2.65 bits per heavy atom. The van der Waals surface area contributed by atoms with Gasteiger partial charge in [-0.25, -0.2) is 0 Å². The third kappa shape index (κ3) is 3.47. The van der Waals surface area contributed by atoms with E-state index in [2.05, 4.69) is 67.9 Å². The molecule has 1 aromatic carbocycles. The Labute approximate surface area is 133 Å². The van der Waals surface area contributed by atoms with Gasteiger partial charge in [-0.05, 0) is 47.6 Å². The molecule has 0 nitrogen and oxygen atoms in total. The summed E-state index contributed by atoms with van der Waals surface area (Å²) in [7, 11) is 0. The summed E-state index contributed by atoms with van der Waals surface area (Å²) in [5.41, 5.74) is 3.28. The fraction of sp³-hybridized carbons (Fsp3) is 0.684. The highest BCUT2D eigenvalue weighted by Crippen LogP contribution is 2.45. The standard InChI is InChI=1S/C19H29Br/c1-5-7-15-8-6-9-16(13-15)19(3,4)17-11-10-14(2)12-18(17)20/h6,8-9,13-14,17-18H,5,7,10-12H2,1-4H3. The molecule has 20 heavy (non-hydrogen) atoms. The second-order valence-electron chi connectivity index (χ2n) is 7.21. The first-order valence-corrected chi connectivity index (χ1v) is 9.10. The quantitative estimate of drug-likeness (QED) is 0.581. The summed E-state index contributed by atoms with van der Waals surface area (Å²) < 4.78 is 0. The molecule has 1 saturated carbocycles. The number of halogens is 1. The van der Waals surface area contributed by atoms with E-state index in [4.69, 9.17) is 0 Å². The Hall–Kier alpha value is -0.300. The molecule has 0 saturated heterocycles. The lowest BCUT2D eigenvalue weighted by atomic mass is 9.65. The average Bonchev–Trinajstić information content (AvgIpc) is 2.39. The zero-order valence-corrected chi connectivity index (χ0v) is 15.0. The van der Waals surface area contributed by atoms with Gasteiger partial charge in [-0.2, -0.15) is 0 Å². The number of benzene rings is 1. The Morgan fingerprint density at radius 2 is 2.00 bits per heavy atom. The SMILES string of the molecule is CCCc1cccc(C(C)(C)C2CCC(C)CC2Br)c1. The molecule has 112 valence electrons. The van der Waals surface area contributed by atoms with Crippen molar-refractivity contribution in [2.75, 3.05) is 0 Å². The maximum Gasteiger partial charge on any atom is 0.0184 e. The largest absolute Gasteiger partial charge is 0.0887 e. The van der Waals surface area contributed by atoms with Crippen LogP contribution in [0.3, 0.4) is 0 Å². The predicted molar refractivity (Wildman–Crippen MR) is 92.7 cm³/mol. The van der Waals surface area contributed by atoms with Crippen molar-refractivity contribution in [1.82, 2.24) is 0 Å². The summed E-state index contributed by atoms with van der Waals surface area (Å²) in [6, 6.07) is 9.30. The van der Waals surface area contributed by atoms with E-state index in [1.165, 1.54) is 43.2 Å². The van der Waals surface area contributed by atoms with E-state index in [9.17, 15) is 0 Å². The van der Waals surface area contributed by atoms with Crippen molar-refractivity contribution < 1.29 is 0 Å². The molecule has 0 bridgehead atoms. The Kier molecular flexibility index (Phi) is 5.34. The molecule has 3 atom stereocenters. The van der Waals surface area contributed by atoms with E-state index in [-0.39, 0.29) is 5.41 Å². The summed E-state index contributed by atoms with van der Waals surface area (Å²) in [4.78, 5) is 0.663. The van der Waals surface area contributed by atoms with Crippen LogP contribution in [-0.4, -0.2) is 4.83 Å². The van der Waals surface area contributed by atoms with E-state index in [0.29, 0.717) is 4.83 Å². The normalized spacial score (nSPS) is 27.6. The first-order chi connectivity index (χ1) is 9.45. The molecule has 1 aliphatic rings. The van der Waals surface area contributed by atoms with Crippen LogP contribution in [-0.2, 0) is 11.8 Å². The van der Waals surface area contributed by atoms with Gasteiger partial charge in [-0.3, -0.25) is 0 Å². The summed E-state index contributed by atoms with van der Waals surface area (Å²) in [6.45, 7) is 9.52. The molecule has 1 fully saturated rings. The van der Waals surface area contributed by atoms with Gasteiger partial charge in [0.25, 0.3) is 0 Å². The van der Waals surface area contributed by atoms with Crippen molar-refractivity contribution in [3.05, 3.63) is 35.4 Å². The van der Waals surface area contributed by atoms with E-state index in [1.54, 1.807) is 0 Å². The number of hydrogen-bond acceptors (Lipinski definition) is 0. The van der Waals surface area contributed by atoms with Crippen LogP contribution in [0.25, 0.3) is 0 Å². The zero-order valence-electron chi connectivity index (χ0n) is 13.5. The topological polar surface area (TPSA) is 0 Å². The van der Waals surface area contributed by atoms with E-state index < -0.39 is 0 Å². The summed E-state index contributed by atoms with van der Waals surface area (Å²) in [5, 5.41) is 0. The third-order valence-corrected chi connectivity index (χ3v) is 6.18. The maximum atomic E-state index is 3.98. The number of aryl methyl sites for hydroxylation is 1. The van der Waals surface area contributed by atoms with Gasteiger partial charge < -0.3 is 0 Å². The van der Waals surface area contributed by atoms with Crippen LogP contribution in [0.4, 0.5) is 0 Å². The second-order valence-corrected chi connectivity index (χ2v) is 8.39. The lowest BCUT2D eigenvalue weighted by Gasteiger charge is -2.42. The molecule has 3 unspecified atom stereocenters. The molecule has 1 heteroatoms. The van der Waals surface area contributed by atoms with Crippen LogP contribution in [0.1, 0.15) is 64.5 Å². The van der Waals surface area contributed by atoms with Crippen LogP contribution in [0.2, 0.25) is 0 Å². The molecule has 0 N–H and O–H groups in total. The van der Waals surface area contributed by atoms with Crippen LogP contribution in [0.5, 0.6) is 0 Å². The van der Waals surface area contributed by atoms with Gasteiger partial charge in [-0.1, -0.05) is 80.7 Å². The van der Waals surface area contributed by atoms with Crippen molar-refractivity contribution in [2.45, 2.75) is 70.0 Å². The van der Waals surface area contributed by atoms with Crippen molar-refractivity contribution in [3.8, 4) is 0 Å². The van der Waals surface area contributed by atoms with E-state index >= 15 is 0 Å². The third-order valence-electron chi connectivity index (χ3n) is 5.17. The van der Waals surface area contributed by atoms with Crippen molar-refractivity contribution in [2.24, 2.45) is 11.8 Å². The molecule has 0 radical (unpaired) electrons. The lowest BCUT2D eigenvalue weighted by molar-refractivity contribution is 0.214. The Morgan fingerprint density at radius 1 is 1.25 bits per heavy atom. The Bertz CT molecular complexity index is 435. The summed E-state index contributed by atoms with van der Waals surface area (Å²) in [6.07, 6.45) is 6.48. The minimum Gasteiger partial charge on any atom is -0.0887 e. The molecule has 2 rings (SSSR count).